The van der Waals surface area contributed by atoms with E-state index >= 15 is 0 Å². The molecule has 0 aromatic heterocycles. The number of anilines is 1. The van der Waals surface area contributed by atoms with E-state index in [4.69, 9.17) is 0 Å². The molecule has 0 aliphatic carbocycles. The maximum atomic E-state index is 12.6. The lowest BCUT2D eigenvalue weighted by Crippen LogP contribution is -2.34. The van der Waals surface area contributed by atoms with Gasteiger partial charge in [-0.25, -0.2) is 0 Å². The molecule has 2 aromatic carbocycles. The largest absolute Gasteiger partial charge is 0.289 e. The molecule has 0 bridgehead atoms. The first kappa shape index (κ1) is 14.7. The first-order valence-electron chi connectivity index (χ1n) is 6.52. The molecule has 2 aromatic rings. The quantitative estimate of drug-likeness (QED) is 0.813. The van der Waals surface area contributed by atoms with Crippen molar-refractivity contribution in [3.63, 3.8) is 0 Å². The summed E-state index contributed by atoms with van der Waals surface area (Å²) >= 11 is 0. The van der Waals surface area contributed by atoms with E-state index in [1.807, 2.05) is 6.07 Å². The van der Waals surface area contributed by atoms with Crippen molar-refractivity contribution in [2.24, 2.45) is 0 Å². The maximum absolute atomic E-state index is 12.6. The summed E-state index contributed by atoms with van der Waals surface area (Å²) < 4.78 is 0. The summed E-state index contributed by atoms with van der Waals surface area (Å²) in [5, 5.41) is 0. The summed E-state index contributed by atoms with van der Waals surface area (Å²) in [7, 11) is 0. The van der Waals surface area contributed by atoms with E-state index in [1.165, 1.54) is 13.8 Å². The Morgan fingerprint density at radius 3 is 1.86 bits per heavy atom. The molecule has 2 amide bonds. The van der Waals surface area contributed by atoms with Gasteiger partial charge in [0, 0.05) is 25.0 Å². The summed E-state index contributed by atoms with van der Waals surface area (Å²) in [6, 6.07) is 15.4. The van der Waals surface area contributed by atoms with Crippen LogP contribution in [0.5, 0.6) is 0 Å². The standard InChI is InChI=1S/C17H15NO3/c1-12(19)18(13(2)20)16-11-7-6-10-15(16)17(21)14-8-4-3-5-9-14/h3-11H,1-2H3. The summed E-state index contributed by atoms with van der Waals surface area (Å²) in [6.07, 6.45) is 0. The van der Waals surface area contributed by atoms with E-state index in [9.17, 15) is 14.4 Å². The van der Waals surface area contributed by atoms with Crippen LogP contribution in [-0.4, -0.2) is 17.6 Å². The highest BCUT2D eigenvalue weighted by Crippen LogP contribution is 2.23. The van der Waals surface area contributed by atoms with Crippen LogP contribution < -0.4 is 4.90 Å². The minimum absolute atomic E-state index is 0.223. The van der Waals surface area contributed by atoms with Gasteiger partial charge in [0.05, 0.1) is 5.69 Å². The van der Waals surface area contributed by atoms with Crippen molar-refractivity contribution in [1.82, 2.24) is 0 Å². The first-order chi connectivity index (χ1) is 10.0. The number of nitrogens with zero attached hydrogens (tertiary/aromatic N) is 1. The van der Waals surface area contributed by atoms with Gasteiger partial charge in [-0.3, -0.25) is 19.3 Å². The number of hydrogen-bond donors (Lipinski definition) is 0. The molecule has 0 radical (unpaired) electrons. The number of rotatable bonds is 3. The van der Waals surface area contributed by atoms with E-state index in [1.54, 1.807) is 48.5 Å². The number of carbonyl (C=O) groups is 3. The minimum Gasteiger partial charge on any atom is -0.289 e. The highest BCUT2D eigenvalue weighted by molar-refractivity contribution is 6.20. The zero-order valence-corrected chi connectivity index (χ0v) is 11.9. The van der Waals surface area contributed by atoms with Crippen molar-refractivity contribution in [2.45, 2.75) is 13.8 Å². The molecule has 0 heterocycles. The Kier molecular flexibility index (Phi) is 4.28. The number of imide groups is 1. The average molecular weight is 281 g/mol. The summed E-state index contributed by atoms with van der Waals surface area (Å²) in [4.78, 5) is 37.0. The third-order valence-electron chi connectivity index (χ3n) is 3.06. The predicted octanol–water partition coefficient (Wildman–Crippen LogP) is 2.82. The fourth-order valence-corrected chi connectivity index (χ4v) is 2.17. The molecule has 0 spiro atoms. The molecular formula is C17H15NO3. The zero-order valence-electron chi connectivity index (χ0n) is 11.9. The van der Waals surface area contributed by atoms with Crippen molar-refractivity contribution in [3.05, 3.63) is 65.7 Å². The molecule has 0 aliphatic rings. The lowest BCUT2D eigenvalue weighted by atomic mass is 10.0. The number of hydrogen-bond acceptors (Lipinski definition) is 3. The highest BCUT2D eigenvalue weighted by atomic mass is 16.2. The van der Waals surface area contributed by atoms with Crippen LogP contribution in [0.1, 0.15) is 29.8 Å². The third kappa shape index (κ3) is 3.05. The Labute approximate surface area is 123 Å². The van der Waals surface area contributed by atoms with Crippen molar-refractivity contribution in [1.29, 1.82) is 0 Å². The van der Waals surface area contributed by atoms with E-state index in [0.717, 1.165) is 4.90 Å². The van der Waals surface area contributed by atoms with E-state index in [-0.39, 0.29) is 5.78 Å². The van der Waals surface area contributed by atoms with Crippen molar-refractivity contribution in [2.75, 3.05) is 4.90 Å². The molecule has 0 fully saturated rings. The smallest absolute Gasteiger partial charge is 0.230 e. The second kappa shape index (κ2) is 6.13. The van der Waals surface area contributed by atoms with Gasteiger partial charge >= 0.3 is 0 Å². The normalized spacial score (nSPS) is 10.0. The fourth-order valence-electron chi connectivity index (χ4n) is 2.17. The molecule has 0 unspecified atom stereocenters. The second-order valence-corrected chi connectivity index (χ2v) is 4.59. The van der Waals surface area contributed by atoms with Gasteiger partial charge in [-0.15, -0.1) is 0 Å². The fraction of sp³-hybridized carbons (Fsp3) is 0.118. The summed E-state index contributed by atoms with van der Waals surface area (Å²) in [5.41, 5.74) is 1.15. The molecule has 21 heavy (non-hydrogen) atoms. The van der Waals surface area contributed by atoms with Crippen LogP contribution in [-0.2, 0) is 9.59 Å². The molecule has 0 saturated carbocycles. The van der Waals surface area contributed by atoms with E-state index in [0.29, 0.717) is 16.8 Å². The molecule has 4 nitrogen and oxygen atoms in total. The number of para-hydroxylation sites is 1. The van der Waals surface area contributed by atoms with Gasteiger partial charge in [-0.05, 0) is 12.1 Å². The topological polar surface area (TPSA) is 54.5 Å². The predicted molar refractivity (Wildman–Crippen MR) is 80.2 cm³/mol. The minimum atomic E-state index is -0.421. The molecule has 2 rings (SSSR count). The van der Waals surface area contributed by atoms with Crippen LogP contribution in [0.4, 0.5) is 5.69 Å². The van der Waals surface area contributed by atoms with Gasteiger partial charge in [-0.2, -0.15) is 0 Å². The Balaban J connectivity index is 2.54. The molecular weight excluding hydrogens is 266 g/mol. The second-order valence-electron chi connectivity index (χ2n) is 4.59. The van der Waals surface area contributed by atoms with Crippen LogP contribution in [0.15, 0.2) is 54.6 Å². The summed E-state index contributed by atoms with van der Waals surface area (Å²) in [5.74, 6) is -1.06. The van der Waals surface area contributed by atoms with E-state index < -0.39 is 11.8 Å². The first-order valence-corrected chi connectivity index (χ1v) is 6.52. The Bertz CT molecular complexity index is 678. The lowest BCUT2D eigenvalue weighted by molar-refractivity contribution is -0.124. The van der Waals surface area contributed by atoms with Gasteiger partial charge in [0.1, 0.15) is 0 Å². The lowest BCUT2D eigenvalue weighted by Gasteiger charge is -2.20. The monoisotopic (exact) mass is 281 g/mol. The van der Waals surface area contributed by atoms with Crippen molar-refractivity contribution < 1.29 is 14.4 Å². The SMILES string of the molecule is CC(=O)N(C(C)=O)c1ccccc1C(=O)c1ccccc1. The number of ketones is 1. The van der Waals surface area contributed by atoms with Crippen LogP contribution in [0.25, 0.3) is 0 Å². The Morgan fingerprint density at radius 1 is 0.762 bits per heavy atom. The van der Waals surface area contributed by atoms with E-state index in [2.05, 4.69) is 0 Å². The number of benzene rings is 2. The Hall–Kier alpha value is -2.75. The van der Waals surface area contributed by atoms with Crippen molar-refractivity contribution >= 4 is 23.3 Å². The van der Waals surface area contributed by atoms with Crippen LogP contribution in [0, 0.1) is 0 Å². The van der Waals surface area contributed by atoms with Gasteiger partial charge in [0.2, 0.25) is 11.8 Å². The molecule has 0 atom stereocenters. The van der Waals surface area contributed by atoms with Crippen LogP contribution in [0.2, 0.25) is 0 Å². The molecule has 106 valence electrons. The molecule has 0 N–H and O–H groups in total. The summed E-state index contributed by atoms with van der Waals surface area (Å²) in [6.45, 7) is 2.59. The average Bonchev–Trinajstić information content (AvgIpc) is 2.47. The molecule has 0 aliphatic heterocycles. The van der Waals surface area contributed by atoms with Gasteiger partial charge in [0.15, 0.2) is 5.78 Å². The number of carbonyl (C=O) groups excluding carboxylic acids is 3. The van der Waals surface area contributed by atoms with Gasteiger partial charge in [0.25, 0.3) is 0 Å². The third-order valence-corrected chi connectivity index (χ3v) is 3.06. The van der Waals surface area contributed by atoms with Gasteiger partial charge < -0.3 is 0 Å². The van der Waals surface area contributed by atoms with Crippen molar-refractivity contribution in [3.8, 4) is 0 Å². The molecule has 0 saturated heterocycles. The maximum Gasteiger partial charge on any atom is 0.230 e. The zero-order chi connectivity index (χ0) is 15.4. The van der Waals surface area contributed by atoms with Gasteiger partial charge in [-0.1, -0.05) is 42.5 Å². The van der Waals surface area contributed by atoms with Crippen LogP contribution >= 0.6 is 0 Å². The number of amides is 2. The molecule has 4 heteroatoms. The van der Waals surface area contributed by atoms with Crippen LogP contribution in [0.3, 0.4) is 0 Å². The highest BCUT2D eigenvalue weighted by Gasteiger charge is 2.22. The Morgan fingerprint density at radius 2 is 1.29 bits per heavy atom.